The Morgan fingerprint density at radius 1 is 1.26 bits per heavy atom. The Bertz CT molecular complexity index is 1330. The van der Waals surface area contributed by atoms with Crippen molar-refractivity contribution >= 4 is 22.5 Å². The van der Waals surface area contributed by atoms with Gasteiger partial charge in [0, 0.05) is 35.5 Å². The number of benzene rings is 1. The van der Waals surface area contributed by atoms with E-state index in [0.29, 0.717) is 60.4 Å². The van der Waals surface area contributed by atoms with E-state index in [1.165, 1.54) is 12.1 Å². The van der Waals surface area contributed by atoms with Gasteiger partial charge in [0.2, 0.25) is 11.3 Å². The van der Waals surface area contributed by atoms with Crippen LogP contribution < -0.4 is 20.9 Å². The van der Waals surface area contributed by atoms with E-state index in [4.69, 9.17) is 4.74 Å². The molecule has 31 heavy (non-hydrogen) atoms. The van der Waals surface area contributed by atoms with Crippen LogP contribution in [0.1, 0.15) is 11.3 Å². The predicted molar refractivity (Wildman–Crippen MR) is 117 cm³/mol. The number of hydrogen-bond donors (Lipinski definition) is 4. The van der Waals surface area contributed by atoms with Crippen molar-refractivity contribution in [3.05, 3.63) is 64.0 Å². The van der Waals surface area contributed by atoms with E-state index in [1.54, 1.807) is 18.3 Å². The van der Waals surface area contributed by atoms with Crippen molar-refractivity contribution < 1.29 is 9.13 Å². The fourth-order valence-electron chi connectivity index (χ4n) is 3.86. The molecule has 1 aliphatic heterocycles. The molecule has 158 valence electrons. The fourth-order valence-corrected chi connectivity index (χ4v) is 3.86. The normalized spacial score (nSPS) is 12.8. The van der Waals surface area contributed by atoms with Crippen molar-refractivity contribution in [2.24, 2.45) is 0 Å². The molecule has 0 amide bonds. The maximum atomic E-state index is 14.1. The molecule has 4 N–H and O–H groups in total. The van der Waals surface area contributed by atoms with Gasteiger partial charge in [0.1, 0.15) is 12.4 Å². The van der Waals surface area contributed by atoms with E-state index in [0.717, 1.165) is 16.6 Å². The number of aromatic nitrogens is 4. The topological polar surface area (TPSA) is 108 Å². The highest BCUT2D eigenvalue weighted by Crippen LogP contribution is 2.34. The quantitative estimate of drug-likeness (QED) is 0.395. The second-order valence-electron chi connectivity index (χ2n) is 7.36. The Hall–Kier alpha value is -3.88. The Balaban J connectivity index is 1.44. The van der Waals surface area contributed by atoms with Crippen molar-refractivity contribution in [2.75, 3.05) is 30.3 Å². The molecule has 0 spiro atoms. The number of H-pyrrole nitrogens is 2. The number of nitrogens with one attached hydrogen (secondary N) is 4. The van der Waals surface area contributed by atoms with Gasteiger partial charge in [-0.3, -0.25) is 4.79 Å². The molecule has 0 saturated heterocycles. The highest BCUT2D eigenvalue weighted by atomic mass is 19.1. The number of nitrogens with zero attached hydrogens (tertiary/aromatic N) is 2. The maximum Gasteiger partial charge on any atom is 0.248 e. The zero-order valence-corrected chi connectivity index (χ0v) is 16.9. The molecular formula is C22H21FN6O2. The van der Waals surface area contributed by atoms with Gasteiger partial charge in [-0.25, -0.2) is 14.4 Å². The summed E-state index contributed by atoms with van der Waals surface area (Å²) >= 11 is 0. The average molecular weight is 420 g/mol. The summed E-state index contributed by atoms with van der Waals surface area (Å²) in [4.78, 5) is 26.6. The lowest BCUT2D eigenvalue weighted by atomic mass is 10.1. The molecule has 0 saturated carbocycles. The van der Waals surface area contributed by atoms with Crippen LogP contribution in [0.2, 0.25) is 0 Å². The van der Waals surface area contributed by atoms with Gasteiger partial charge in [-0.05, 0) is 31.0 Å². The van der Waals surface area contributed by atoms with Crippen LogP contribution in [-0.4, -0.2) is 39.6 Å². The molecule has 1 aromatic carbocycles. The van der Waals surface area contributed by atoms with Gasteiger partial charge in [0.15, 0.2) is 17.5 Å². The Morgan fingerprint density at radius 3 is 3.03 bits per heavy atom. The molecule has 0 fully saturated rings. The van der Waals surface area contributed by atoms with Crippen molar-refractivity contribution in [1.29, 1.82) is 0 Å². The van der Waals surface area contributed by atoms with Crippen LogP contribution >= 0.6 is 0 Å². The minimum absolute atomic E-state index is 0.223. The van der Waals surface area contributed by atoms with E-state index >= 15 is 0 Å². The predicted octanol–water partition coefficient (Wildman–Crippen LogP) is 3.22. The van der Waals surface area contributed by atoms with Crippen LogP contribution in [0.5, 0.6) is 5.75 Å². The first kappa shape index (κ1) is 19.1. The van der Waals surface area contributed by atoms with Gasteiger partial charge in [-0.15, -0.1) is 0 Å². The zero-order chi connectivity index (χ0) is 21.4. The third-order valence-electron chi connectivity index (χ3n) is 5.31. The van der Waals surface area contributed by atoms with Crippen LogP contribution in [0.15, 0.2) is 41.3 Å². The number of pyridine rings is 1. The first-order valence-electron chi connectivity index (χ1n) is 10.1. The summed E-state index contributed by atoms with van der Waals surface area (Å²) in [7, 11) is 0. The Labute approximate surface area is 176 Å². The molecule has 0 aliphatic carbocycles. The van der Waals surface area contributed by atoms with E-state index in [-0.39, 0.29) is 11.4 Å². The molecule has 4 heterocycles. The molecule has 9 heteroatoms. The minimum Gasteiger partial charge on any atom is -0.485 e. The Morgan fingerprint density at radius 2 is 2.16 bits per heavy atom. The van der Waals surface area contributed by atoms with Gasteiger partial charge in [-0.1, -0.05) is 12.1 Å². The van der Waals surface area contributed by atoms with E-state index in [2.05, 4.69) is 30.6 Å². The maximum absolute atomic E-state index is 14.1. The van der Waals surface area contributed by atoms with Crippen molar-refractivity contribution in [3.63, 3.8) is 0 Å². The van der Waals surface area contributed by atoms with Crippen LogP contribution in [-0.2, 0) is 6.42 Å². The SMILES string of the molecule is Cc1[nH]c2c(F)cccc2c1CCNc1nc(-c2cc[nH]c(=O)c2)nc2c1OCCN2. The molecule has 8 nitrogen and oxygen atoms in total. The van der Waals surface area contributed by atoms with Crippen LogP contribution in [0.4, 0.5) is 16.0 Å². The number of anilines is 2. The number of fused-ring (bicyclic) bond motifs is 2. The standard InChI is InChI=1S/C22H21FN6O2/c1-12-14(15-3-2-4-16(23)18(15)27-12)6-8-25-21-19-22(26-9-10-31-19)29-20(28-21)13-5-7-24-17(30)11-13/h2-5,7,11,27H,6,8-10H2,1H3,(H,24,30)(H2,25,26,28,29). The summed E-state index contributed by atoms with van der Waals surface area (Å²) < 4.78 is 19.9. The van der Waals surface area contributed by atoms with Gasteiger partial charge >= 0.3 is 0 Å². The summed E-state index contributed by atoms with van der Waals surface area (Å²) in [5.41, 5.74) is 2.91. The van der Waals surface area contributed by atoms with Gasteiger partial charge in [0.25, 0.3) is 0 Å². The van der Waals surface area contributed by atoms with Crippen molar-refractivity contribution in [2.45, 2.75) is 13.3 Å². The van der Waals surface area contributed by atoms with E-state index in [9.17, 15) is 9.18 Å². The third-order valence-corrected chi connectivity index (χ3v) is 5.31. The lowest BCUT2D eigenvalue weighted by Gasteiger charge is -2.21. The van der Waals surface area contributed by atoms with E-state index in [1.807, 2.05) is 13.0 Å². The second-order valence-corrected chi connectivity index (χ2v) is 7.36. The summed E-state index contributed by atoms with van der Waals surface area (Å²) in [6.45, 7) is 3.65. The summed E-state index contributed by atoms with van der Waals surface area (Å²) in [5, 5.41) is 7.44. The first-order chi connectivity index (χ1) is 15.1. The minimum atomic E-state index is -0.258. The van der Waals surface area contributed by atoms with Gasteiger partial charge in [-0.2, -0.15) is 0 Å². The smallest absolute Gasteiger partial charge is 0.248 e. The number of rotatable bonds is 5. The molecule has 1 aliphatic rings. The molecule has 0 unspecified atom stereocenters. The monoisotopic (exact) mass is 420 g/mol. The number of ether oxygens (including phenoxy) is 1. The van der Waals surface area contributed by atoms with Crippen LogP contribution in [0.3, 0.4) is 0 Å². The highest BCUT2D eigenvalue weighted by Gasteiger charge is 2.20. The Kier molecular flexibility index (Phi) is 4.78. The summed E-state index contributed by atoms with van der Waals surface area (Å²) in [6.07, 6.45) is 2.23. The van der Waals surface area contributed by atoms with Crippen LogP contribution in [0.25, 0.3) is 22.3 Å². The first-order valence-corrected chi connectivity index (χ1v) is 10.1. The second kappa shape index (κ2) is 7.75. The number of para-hydroxylation sites is 1. The molecule has 0 bridgehead atoms. The fraction of sp³-hybridized carbons (Fsp3) is 0.227. The summed E-state index contributed by atoms with van der Waals surface area (Å²) in [5.74, 6) is 1.87. The number of halogens is 1. The average Bonchev–Trinajstić information content (AvgIpc) is 3.10. The van der Waals surface area contributed by atoms with Crippen molar-refractivity contribution in [3.8, 4) is 17.1 Å². The molecule has 0 atom stereocenters. The molecule has 5 rings (SSSR count). The molecule has 3 aromatic heterocycles. The van der Waals surface area contributed by atoms with Gasteiger partial charge < -0.3 is 25.3 Å². The number of aryl methyl sites for hydroxylation is 1. The third kappa shape index (κ3) is 3.58. The molecule has 4 aromatic rings. The van der Waals surface area contributed by atoms with Crippen LogP contribution in [0, 0.1) is 12.7 Å². The van der Waals surface area contributed by atoms with Gasteiger partial charge in [0.05, 0.1) is 12.1 Å². The van der Waals surface area contributed by atoms with E-state index < -0.39 is 0 Å². The van der Waals surface area contributed by atoms with Crippen molar-refractivity contribution in [1.82, 2.24) is 19.9 Å². The zero-order valence-electron chi connectivity index (χ0n) is 16.9. The lowest BCUT2D eigenvalue weighted by Crippen LogP contribution is -2.22. The molecular weight excluding hydrogens is 399 g/mol. The largest absolute Gasteiger partial charge is 0.485 e. The highest BCUT2D eigenvalue weighted by molar-refractivity contribution is 5.85. The summed E-state index contributed by atoms with van der Waals surface area (Å²) in [6, 6.07) is 8.30. The lowest BCUT2D eigenvalue weighted by molar-refractivity contribution is 0.321. The number of aromatic amines is 2. The number of hydrogen-bond acceptors (Lipinski definition) is 6. The molecule has 0 radical (unpaired) electrons.